The van der Waals surface area contributed by atoms with E-state index in [2.05, 4.69) is 10.3 Å². The first kappa shape index (κ1) is 13.3. The maximum absolute atomic E-state index is 12.6. The molecule has 1 aromatic heterocycles. The predicted molar refractivity (Wildman–Crippen MR) is 77.3 cm³/mol. The van der Waals surface area contributed by atoms with E-state index in [1.807, 2.05) is 24.3 Å². The molecule has 0 bridgehead atoms. The highest BCUT2D eigenvalue weighted by molar-refractivity contribution is 6.05. The van der Waals surface area contributed by atoms with Crippen LogP contribution in [0.5, 0.6) is 0 Å². The summed E-state index contributed by atoms with van der Waals surface area (Å²) in [5.74, 6) is -0.446. The molecule has 1 aromatic carbocycles. The lowest BCUT2D eigenvalue weighted by Gasteiger charge is -2.20. The van der Waals surface area contributed by atoms with Gasteiger partial charge in [-0.1, -0.05) is 18.2 Å². The van der Waals surface area contributed by atoms with E-state index >= 15 is 0 Å². The van der Waals surface area contributed by atoms with Crippen molar-refractivity contribution >= 4 is 17.4 Å². The van der Waals surface area contributed by atoms with Crippen molar-refractivity contribution in [3.63, 3.8) is 0 Å². The number of carbonyl (C=O) groups is 1. The minimum absolute atomic E-state index is 0.181. The summed E-state index contributed by atoms with van der Waals surface area (Å²) in [7, 11) is 0. The number of H-pyrrole nitrogens is 1. The third-order valence-electron chi connectivity index (χ3n) is 3.45. The maximum atomic E-state index is 12.6. The first-order valence-corrected chi connectivity index (χ1v) is 6.61. The molecular formula is C14H14N4O3. The van der Waals surface area contributed by atoms with Crippen molar-refractivity contribution in [1.82, 2.24) is 10.3 Å². The van der Waals surface area contributed by atoms with Gasteiger partial charge in [-0.05, 0) is 22.6 Å². The smallest absolute Gasteiger partial charge is 0.321 e. The molecule has 2 heterocycles. The third kappa shape index (κ3) is 2.50. The number of fused-ring (bicyclic) bond motifs is 1. The van der Waals surface area contributed by atoms with E-state index in [-0.39, 0.29) is 17.4 Å². The molecule has 3 rings (SSSR count). The molecule has 21 heavy (non-hydrogen) atoms. The number of para-hydroxylation sites is 1. The van der Waals surface area contributed by atoms with Gasteiger partial charge in [0.15, 0.2) is 5.69 Å². The highest BCUT2D eigenvalue weighted by Gasteiger charge is 2.25. The van der Waals surface area contributed by atoms with Crippen LogP contribution in [0.1, 0.15) is 16.1 Å². The molecule has 2 aromatic rings. The number of nitro groups is 1. The predicted octanol–water partition coefficient (Wildman–Crippen LogP) is 1.67. The number of anilines is 1. The van der Waals surface area contributed by atoms with E-state index in [9.17, 15) is 14.9 Å². The molecule has 1 aliphatic rings. The summed E-state index contributed by atoms with van der Waals surface area (Å²) in [5, 5.41) is 14.0. The zero-order valence-electron chi connectivity index (χ0n) is 11.2. The molecule has 7 heteroatoms. The fraction of sp³-hybridized carbons (Fsp3) is 0.214. The number of hydrogen-bond donors (Lipinski definition) is 2. The van der Waals surface area contributed by atoms with Crippen LogP contribution < -0.4 is 10.2 Å². The van der Waals surface area contributed by atoms with Crippen molar-refractivity contribution in [3.05, 3.63) is 57.8 Å². The number of nitrogens with one attached hydrogen (secondary N) is 2. The van der Waals surface area contributed by atoms with Crippen molar-refractivity contribution < 1.29 is 9.72 Å². The Balaban J connectivity index is 1.95. The van der Waals surface area contributed by atoms with Gasteiger partial charge in [0.2, 0.25) is 0 Å². The van der Waals surface area contributed by atoms with Gasteiger partial charge in [-0.2, -0.15) is 0 Å². The summed E-state index contributed by atoms with van der Waals surface area (Å²) in [6, 6.07) is 10.4. The first-order chi connectivity index (χ1) is 10.2. The van der Waals surface area contributed by atoms with E-state index < -0.39 is 4.92 Å². The topological polar surface area (TPSA) is 91.3 Å². The van der Waals surface area contributed by atoms with Crippen LogP contribution >= 0.6 is 0 Å². The van der Waals surface area contributed by atoms with Gasteiger partial charge in [0.05, 0.1) is 0 Å². The van der Waals surface area contributed by atoms with E-state index in [1.165, 1.54) is 12.1 Å². The molecule has 0 unspecified atom stereocenters. The Hall–Kier alpha value is -2.67. The minimum atomic E-state index is -0.547. The van der Waals surface area contributed by atoms with Gasteiger partial charge in [0, 0.05) is 31.4 Å². The molecule has 1 amide bonds. The Morgan fingerprint density at radius 3 is 2.81 bits per heavy atom. The van der Waals surface area contributed by atoms with E-state index in [0.717, 1.165) is 11.3 Å². The molecular weight excluding hydrogens is 272 g/mol. The monoisotopic (exact) mass is 286 g/mol. The van der Waals surface area contributed by atoms with Crippen molar-refractivity contribution in [1.29, 1.82) is 0 Å². The van der Waals surface area contributed by atoms with Crippen LogP contribution in [-0.4, -0.2) is 28.9 Å². The SMILES string of the molecule is O=C(c1ccc([N+](=O)[O-])[nH]1)N1CCNCc2ccccc21. The quantitative estimate of drug-likeness (QED) is 0.649. The first-order valence-electron chi connectivity index (χ1n) is 6.61. The highest BCUT2D eigenvalue weighted by atomic mass is 16.6. The summed E-state index contributed by atoms with van der Waals surface area (Å²) in [6.45, 7) is 1.89. The summed E-state index contributed by atoms with van der Waals surface area (Å²) in [5.41, 5.74) is 2.09. The number of amides is 1. The Kier molecular flexibility index (Phi) is 3.41. The van der Waals surface area contributed by atoms with Crippen LogP contribution in [0, 0.1) is 10.1 Å². The van der Waals surface area contributed by atoms with E-state index in [4.69, 9.17) is 0 Å². The molecule has 0 saturated carbocycles. The highest BCUT2D eigenvalue weighted by Crippen LogP contribution is 2.24. The van der Waals surface area contributed by atoms with Gasteiger partial charge in [-0.25, -0.2) is 4.98 Å². The van der Waals surface area contributed by atoms with Crippen molar-refractivity contribution in [2.45, 2.75) is 6.54 Å². The number of rotatable bonds is 2. The standard InChI is InChI=1S/C14H14N4O3/c19-14(11-5-6-13(16-11)18(20)21)17-8-7-15-9-10-3-1-2-4-12(10)17/h1-6,15-16H,7-9H2. The molecule has 0 atom stereocenters. The summed E-state index contributed by atoms with van der Waals surface area (Å²) < 4.78 is 0. The van der Waals surface area contributed by atoms with Gasteiger partial charge < -0.3 is 20.3 Å². The van der Waals surface area contributed by atoms with Crippen LogP contribution in [0.2, 0.25) is 0 Å². The second-order valence-electron chi connectivity index (χ2n) is 4.78. The van der Waals surface area contributed by atoms with Gasteiger partial charge in [0.25, 0.3) is 5.91 Å². The Morgan fingerprint density at radius 1 is 1.24 bits per heavy atom. The van der Waals surface area contributed by atoms with Crippen molar-refractivity contribution in [3.8, 4) is 0 Å². The minimum Gasteiger partial charge on any atom is -0.358 e. The largest absolute Gasteiger partial charge is 0.358 e. The lowest BCUT2D eigenvalue weighted by atomic mass is 10.1. The zero-order valence-corrected chi connectivity index (χ0v) is 11.2. The van der Waals surface area contributed by atoms with Gasteiger partial charge in [0.1, 0.15) is 0 Å². The average molecular weight is 286 g/mol. The number of hydrogen-bond acceptors (Lipinski definition) is 4. The van der Waals surface area contributed by atoms with Crippen LogP contribution in [0.15, 0.2) is 36.4 Å². The molecule has 108 valence electrons. The summed E-state index contributed by atoms with van der Waals surface area (Å²) in [4.78, 5) is 26.9. The number of aromatic amines is 1. The van der Waals surface area contributed by atoms with Crippen molar-refractivity contribution in [2.75, 3.05) is 18.0 Å². The van der Waals surface area contributed by atoms with Crippen LogP contribution in [0.3, 0.4) is 0 Å². The summed E-state index contributed by atoms with van der Waals surface area (Å²) in [6.07, 6.45) is 0. The Bertz CT molecular complexity index is 695. The number of aromatic nitrogens is 1. The second-order valence-corrected chi connectivity index (χ2v) is 4.78. The molecule has 0 spiro atoms. The molecule has 0 radical (unpaired) electrons. The molecule has 7 nitrogen and oxygen atoms in total. The van der Waals surface area contributed by atoms with Crippen LogP contribution in [0.4, 0.5) is 11.5 Å². The number of nitrogens with zero attached hydrogens (tertiary/aromatic N) is 2. The lowest BCUT2D eigenvalue weighted by Crippen LogP contribution is -2.34. The fourth-order valence-corrected chi connectivity index (χ4v) is 2.43. The Labute approximate surface area is 120 Å². The normalized spacial score (nSPS) is 14.4. The number of carbonyl (C=O) groups excluding carboxylic acids is 1. The molecule has 0 fully saturated rings. The van der Waals surface area contributed by atoms with Crippen LogP contribution in [-0.2, 0) is 6.54 Å². The zero-order chi connectivity index (χ0) is 14.8. The van der Waals surface area contributed by atoms with E-state index in [1.54, 1.807) is 4.90 Å². The average Bonchev–Trinajstić information content (AvgIpc) is 2.88. The molecule has 0 saturated heterocycles. The lowest BCUT2D eigenvalue weighted by molar-refractivity contribution is -0.389. The van der Waals surface area contributed by atoms with Gasteiger partial charge in [-0.3, -0.25) is 4.79 Å². The molecule has 0 aliphatic carbocycles. The Morgan fingerprint density at radius 2 is 2.05 bits per heavy atom. The van der Waals surface area contributed by atoms with Gasteiger partial charge in [-0.15, -0.1) is 0 Å². The molecule has 2 N–H and O–H groups in total. The fourth-order valence-electron chi connectivity index (χ4n) is 2.43. The van der Waals surface area contributed by atoms with Crippen molar-refractivity contribution in [2.24, 2.45) is 0 Å². The second kappa shape index (κ2) is 5.37. The van der Waals surface area contributed by atoms with E-state index in [0.29, 0.717) is 19.6 Å². The number of benzene rings is 1. The molecule has 1 aliphatic heterocycles. The maximum Gasteiger partial charge on any atom is 0.321 e. The summed E-state index contributed by atoms with van der Waals surface area (Å²) >= 11 is 0. The van der Waals surface area contributed by atoms with Crippen LogP contribution in [0.25, 0.3) is 0 Å². The van der Waals surface area contributed by atoms with Gasteiger partial charge >= 0.3 is 5.82 Å². The third-order valence-corrected chi connectivity index (χ3v) is 3.45.